The van der Waals surface area contributed by atoms with E-state index in [0.29, 0.717) is 6.54 Å². The van der Waals surface area contributed by atoms with E-state index in [-0.39, 0.29) is 6.09 Å². The van der Waals surface area contributed by atoms with E-state index in [1.54, 1.807) is 11.9 Å². The van der Waals surface area contributed by atoms with Crippen LogP contribution in [0.4, 0.5) is 4.79 Å². The SMILES string of the molecule is C=C(C)C(=C)CCN(C)C(=O)OC(C)(C)C. The van der Waals surface area contributed by atoms with Gasteiger partial charge in [-0.1, -0.05) is 24.3 Å². The van der Waals surface area contributed by atoms with Crippen molar-refractivity contribution in [2.75, 3.05) is 13.6 Å². The van der Waals surface area contributed by atoms with Gasteiger partial charge in [0.2, 0.25) is 0 Å². The Kier molecular flexibility index (Phi) is 5.28. The third kappa shape index (κ3) is 6.27. The molecule has 3 heteroatoms. The zero-order chi connectivity index (χ0) is 12.9. The van der Waals surface area contributed by atoms with Crippen LogP contribution in [-0.2, 0) is 4.74 Å². The molecular weight excluding hydrogens is 202 g/mol. The summed E-state index contributed by atoms with van der Waals surface area (Å²) in [6, 6.07) is 0. The van der Waals surface area contributed by atoms with Crippen LogP contribution in [-0.4, -0.2) is 30.2 Å². The van der Waals surface area contributed by atoms with Crippen LogP contribution in [0.5, 0.6) is 0 Å². The average molecular weight is 225 g/mol. The largest absolute Gasteiger partial charge is 0.444 e. The molecule has 0 aliphatic rings. The van der Waals surface area contributed by atoms with Crippen LogP contribution in [0.1, 0.15) is 34.1 Å². The first kappa shape index (κ1) is 14.8. The zero-order valence-electron chi connectivity index (χ0n) is 11.1. The Balaban J connectivity index is 4.07. The zero-order valence-corrected chi connectivity index (χ0v) is 11.1. The third-order valence-corrected chi connectivity index (χ3v) is 2.06. The molecule has 0 spiro atoms. The maximum Gasteiger partial charge on any atom is 0.410 e. The van der Waals surface area contributed by atoms with Crippen molar-refractivity contribution in [3.8, 4) is 0 Å². The van der Waals surface area contributed by atoms with E-state index < -0.39 is 5.60 Å². The van der Waals surface area contributed by atoms with Gasteiger partial charge >= 0.3 is 6.09 Å². The van der Waals surface area contributed by atoms with Gasteiger partial charge in [0.25, 0.3) is 0 Å². The normalized spacial score (nSPS) is 10.8. The monoisotopic (exact) mass is 225 g/mol. The van der Waals surface area contributed by atoms with Crippen LogP contribution in [0, 0.1) is 0 Å². The fourth-order valence-electron chi connectivity index (χ4n) is 0.947. The van der Waals surface area contributed by atoms with Gasteiger partial charge in [0.15, 0.2) is 0 Å². The molecule has 0 rings (SSSR count). The Bertz CT molecular complexity index is 287. The van der Waals surface area contributed by atoms with Crippen molar-refractivity contribution in [1.82, 2.24) is 4.90 Å². The molecule has 0 saturated heterocycles. The molecule has 0 N–H and O–H groups in total. The molecule has 0 aromatic heterocycles. The number of hydrogen-bond donors (Lipinski definition) is 0. The van der Waals surface area contributed by atoms with Gasteiger partial charge in [0.1, 0.15) is 5.60 Å². The minimum absolute atomic E-state index is 0.304. The van der Waals surface area contributed by atoms with Crippen molar-refractivity contribution in [1.29, 1.82) is 0 Å². The van der Waals surface area contributed by atoms with E-state index in [0.717, 1.165) is 17.6 Å². The predicted molar refractivity (Wildman–Crippen MR) is 67.4 cm³/mol. The van der Waals surface area contributed by atoms with E-state index in [4.69, 9.17) is 4.74 Å². The van der Waals surface area contributed by atoms with E-state index >= 15 is 0 Å². The Labute approximate surface area is 98.8 Å². The lowest BCUT2D eigenvalue weighted by Crippen LogP contribution is -2.34. The summed E-state index contributed by atoms with van der Waals surface area (Å²) in [6.45, 7) is 15.8. The second-order valence-electron chi connectivity index (χ2n) is 5.04. The molecule has 16 heavy (non-hydrogen) atoms. The fraction of sp³-hybridized carbons (Fsp3) is 0.615. The molecule has 92 valence electrons. The molecule has 0 atom stereocenters. The van der Waals surface area contributed by atoms with Crippen LogP contribution < -0.4 is 0 Å². The van der Waals surface area contributed by atoms with Gasteiger partial charge < -0.3 is 9.64 Å². The lowest BCUT2D eigenvalue weighted by atomic mass is 10.1. The Morgan fingerprint density at radius 3 is 2.19 bits per heavy atom. The molecule has 0 aliphatic heterocycles. The van der Waals surface area contributed by atoms with Crippen LogP contribution in [0.15, 0.2) is 24.3 Å². The highest BCUT2D eigenvalue weighted by atomic mass is 16.6. The molecule has 0 aromatic carbocycles. The quantitative estimate of drug-likeness (QED) is 0.686. The number of nitrogens with zero attached hydrogens (tertiary/aromatic N) is 1. The molecule has 0 saturated carbocycles. The number of carbonyl (C=O) groups is 1. The van der Waals surface area contributed by atoms with Crippen molar-refractivity contribution in [2.45, 2.75) is 39.7 Å². The van der Waals surface area contributed by atoms with E-state index in [9.17, 15) is 4.79 Å². The summed E-state index contributed by atoms with van der Waals surface area (Å²) in [6.07, 6.45) is 0.424. The Morgan fingerprint density at radius 1 is 1.31 bits per heavy atom. The number of allylic oxidation sites excluding steroid dienone is 1. The lowest BCUT2D eigenvalue weighted by molar-refractivity contribution is 0.0301. The first-order valence-electron chi connectivity index (χ1n) is 5.41. The summed E-state index contributed by atoms with van der Waals surface area (Å²) in [5.74, 6) is 0. The average Bonchev–Trinajstić information content (AvgIpc) is 2.10. The van der Waals surface area contributed by atoms with Crippen molar-refractivity contribution >= 4 is 6.09 Å². The molecule has 0 fully saturated rings. The number of rotatable bonds is 4. The summed E-state index contributed by atoms with van der Waals surface area (Å²) in [5, 5.41) is 0. The lowest BCUT2D eigenvalue weighted by Gasteiger charge is -2.24. The maximum absolute atomic E-state index is 11.6. The number of carbonyl (C=O) groups excluding carboxylic acids is 1. The van der Waals surface area contributed by atoms with Gasteiger partial charge in [0.05, 0.1) is 0 Å². The van der Waals surface area contributed by atoms with Crippen LogP contribution >= 0.6 is 0 Å². The van der Waals surface area contributed by atoms with Crippen LogP contribution in [0.2, 0.25) is 0 Å². The second-order valence-corrected chi connectivity index (χ2v) is 5.04. The molecule has 1 amide bonds. The molecule has 0 aliphatic carbocycles. The highest BCUT2D eigenvalue weighted by molar-refractivity contribution is 5.67. The minimum atomic E-state index is -0.448. The van der Waals surface area contributed by atoms with E-state index in [1.807, 2.05) is 27.7 Å². The molecule has 3 nitrogen and oxygen atoms in total. The molecule has 0 bridgehead atoms. The van der Waals surface area contributed by atoms with E-state index in [1.165, 1.54) is 0 Å². The fourth-order valence-corrected chi connectivity index (χ4v) is 0.947. The Morgan fingerprint density at radius 2 is 1.81 bits per heavy atom. The predicted octanol–water partition coefficient (Wildman–Crippen LogP) is 3.38. The summed E-state index contributed by atoms with van der Waals surface area (Å²) in [7, 11) is 1.72. The first-order chi connectivity index (χ1) is 7.13. The van der Waals surface area contributed by atoms with Crippen molar-refractivity contribution in [2.24, 2.45) is 0 Å². The minimum Gasteiger partial charge on any atom is -0.444 e. The first-order valence-corrected chi connectivity index (χ1v) is 5.41. The Hall–Kier alpha value is -1.25. The standard InChI is InChI=1S/C13H23NO2/c1-10(2)11(3)8-9-14(7)12(15)16-13(4,5)6/h1,3,8-9H2,2,4-7H3. The summed E-state index contributed by atoms with van der Waals surface area (Å²) in [5.41, 5.74) is 1.48. The highest BCUT2D eigenvalue weighted by Crippen LogP contribution is 2.12. The smallest absolute Gasteiger partial charge is 0.410 e. The van der Waals surface area contributed by atoms with E-state index in [2.05, 4.69) is 13.2 Å². The number of amides is 1. The highest BCUT2D eigenvalue weighted by Gasteiger charge is 2.19. The molecule has 0 aromatic rings. The van der Waals surface area contributed by atoms with Crippen molar-refractivity contribution in [3.63, 3.8) is 0 Å². The van der Waals surface area contributed by atoms with Gasteiger partial charge in [0, 0.05) is 13.6 Å². The number of hydrogen-bond acceptors (Lipinski definition) is 2. The van der Waals surface area contributed by atoms with Crippen molar-refractivity contribution < 1.29 is 9.53 Å². The summed E-state index contributed by atoms with van der Waals surface area (Å²) < 4.78 is 5.23. The molecule has 0 unspecified atom stereocenters. The van der Waals surface area contributed by atoms with Crippen LogP contribution in [0.3, 0.4) is 0 Å². The molecular formula is C13H23NO2. The maximum atomic E-state index is 11.6. The van der Waals surface area contributed by atoms with Gasteiger partial charge in [-0.15, -0.1) is 0 Å². The molecule has 0 radical (unpaired) electrons. The van der Waals surface area contributed by atoms with Gasteiger partial charge in [-0.05, 0) is 34.1 Å². The summed E-state index contributed by atoms with van der Waals surface area (Å²) in [4.78, 5) is 13.1. The third-order valence-electron chi connectivity index (χ3n) is 2.06. The van der Waals surface area contributed by atoms with Gasteiger partial charge in [-0.2, -0.15) is 0 Å². The van der Waals surface area contributed by atoms with Crippen molar-refractivity contribution in [3.05, 3.63) is 24.3 Å². The van der Waals surface area contributed by atoms with Gasteiger partial charge in [-0.3, -0.25) is 0 Å². The summed E-state index contributed by atoms with van der Waals surface area (Å²) >= 11 is 0. The van der Waals surface area contributed by atoms with Crippen LogP contribution in [0.25, 0.3) is 0 Å². The number of ether oxygens (including phenoxy) is 1. The molecule has 0 heterocycles. The second kappa shape index (κ2) is 5.73. The topological polar surface area (TPSA) is 29.5 Å². The van der Waals surface area contributed by atoms with Gasteiger partial charge in [-0.25, -0.2) is 4.79 Å².